The van der Waals surface area contributed by atoms with Gasteiger partial charge in [-0.2, -0.15) is 18.3 Å². The predicted octanol–water partition coefficient (Wildman–Crippen LogP) is 3.00. The monoisotopic (exact) mass is 423 g/mol. The lowest BCUT2D eigenvalue weighted by molar-refractivity contribution is -0.189. The van der Waals surface area contributed by atoms with Gasteiger partial charge in [0, 0.05) is 37.0 Å². The Balaban J connectivity index is 1.57. The number of esters is 1. The smallest absolute Gasteiger partial charge is 0.420 e. The van der Waals surface area contributed by atoms with E-state index in [0.717, 1.165) is 25.1 Å². The molecule has 9 heteroatoms. The number of hydrogen-bond acceptors (Lipinski definition) is 5. The van der Waals surface area contributed by atoms with E-state index in [1.54, 1.807) is 12.3 Å². The number of ether oxygens (including phenoxy) is 2. The van der Waals surface area contributed by atoms with Gasteiger partial charge in [-0.3, -0.25) is 9.58 Å². The first kappa shape index (κ1) is 20.9. The van der Waals surface area contributed by atoms with E-state index < -0.39 is 12.1 Å². The van der Waals surface area contributed by atoms with E-state index in [2.05, 4.69) is 16.9 Å². The van der Waals surface area contributed by atoms with Gasteiger partial charge in [-0.1, -0.05) is 19.1 Å². The third-order valence-electron chi connectivity index (χ3n) is 5.66. The van der Waals surface area contributed by atoms with Gasteiger partial charge < -0.3 is 9.47 Å². The highest BCUT2D eigenvalue weighted by atomic mass is 19.4. The van der Waals surface area contributed by atoms with Gasteiger partial charge >= 0.3 is 12.1 Å². The van der Waals surface area contributed by atoms with Crippen LogP contribution < -0.4 is 4.74 Å². The second-order valence-electron chi connectivity index (χ2n) is 7.78. The highest BCUT2D eigenvalue weighted by Crippen LogP contribution is 2.36. The molecule has 2 aromatic rings. The lowest BCUT2D eigenvalue weighted by Gasteiger charge is -2.47. The average molecular weight is 423 g/mol. The molecule has 1 aliphatic heterocycles. The third-order valence-corrected chi connectivity index (χ3v) is 5.66. The lowest BCUT2D eigenvalue weighted by atomic mass is 9.83. The summed E-state index contributed by atoms with van der Waals surface area (Å²) < 4.78 is 50.9. The maximum Gasteiger partial charge on any atom is 0.491 e. The van der Waals surface area contributed by atoms with Crippen LogP contribution in [0.1, 0.15) is 24.5 Å². The number of aromatic nitrogens is 2. The van der Waals surface area contributed by atoms with Crippen LogP contribution in [0, 0.1) is 0 Å². The molecule has 2 heterocycles. The average Bonchev–Trinajstić information content (AvgIpc) is 3.19. The number of carbonyl (C=O) groups excluding carboxylic acids is 1. The van der Waals surface area contributed by atoms with Crippen molar-refractivity contribution >= 4 is 5.97 Å². The quantitative estimate of drug-likeness (QED) is 0.547. The van der Waals surface area contributed by atoms with Crippen molar-refractivity contribution in [2.75, 3.05) is 13.1 Å². The van der Waals surface area contributed by atoms with Gasteiger partial charge in [0.25, 0.3) is 0 Å². The predicted molar refractivity (Wildman–Crippen MR) is 102 cm³/mol. The number of morpholine rings is 1. The molecule has 1 aromatic carbocycles. The van der Waals surface area contributed by atoms with E-state index in [4.69, 9.17) is 9.47 Å². The summed E-state index contributed by atoms with van der Waals surface area (Å²) in [4.78, 5) is 13.8. The SMILES string of the molecule is CCCN1C[C@H](Cn2cccn2)O[C@@H]2Cc3c(cccc3OC(=O)C(F)(F)F)C[C@H]21. The molecule has 0 unspecified atom stereocenters. The fraction of sp³-hybridized carbons (Fsp3) is 0.524. The zero-order chi connectivity index (χ0) is 21.3. The van der Waals surface area contributed by atoms with Gasteiger partial charge in [0.15, 0.2) is 0 Å². The van der Waals surface area contributed by atoms with Crippen LogP contribution in [0.4, 0.5) is 13.2 Å². The first-order valence-electron chi connectivity index (χ1n) is 10.1. The van der Waals surface area contributed by atoms with Crippen LogP contribution in [0.3, 0.4) is 0 Å². The van der Waals surface area contributed by atoms with Crippen molar-refractivity contribution in [3.63, 3.8) is 0 Å². The molecule has 6 nitrogen and oxygen atoms in total. The molecule has 162 valence electrons. The van der Waals surface area contributed by atoms with Crippen molar-refractivity contribution < 1.29 is 27.4 Å². The van der Waals surface area contributed by atoms with Crippen LogP contribution in [-0.2, 0) is 28.9 Å². The van der Waals surface area contributed by atoms with Crippen molar-refractivity contribution in [2.45, 2.75) is 57.2 Å². The summed E-state index contributed by atoms with van der Waals surface area (Å²) in [6.07, 6.45) is 0.330. The summed E-state index contributed by atoms with van der Waals surface area (Å²) in [5, 5.41) is 4.25. The molecule has 30 heavy (non-hydrogen) atoms. The minimum Gasteiger partial charge on any atom is -0.420 e. The van der Waals surface area contributed by atoms with Crippen LogP contribution in [-0.4, -0.2) is 58.2 Å². The van der Waals surface area contributed by atoms with Crippen molar-refractivity contribution in [2.24, 2.45) is 0 Å². The van der Waals surface area contributed by atoms with E-state index in [0.29, 0.717) is 24.9 Å². The molecule has 3 atom stereocenters. The zero-order valence-corrected chi connectivity index (χ0v) is 16.6. The summed E-state index contributed by atoms with van der Waals surface area (Å²) >= 11 is 0. The fourth-order valence-electron chi connectivity index (χ4n) is 4.43. The zero-order valence-electron chi connectivity index (χ0n) is 16.6. The first-order chi connectivity index (χ1) is 14.3. The molecule has 4 rings (SSSR count). The number of carbonyl (C=O) groups is 1. The number of benzene rings is 1. The Hall–Kier alpha value is -2.39. The highest BCUT2D eigenvalue weighted by molar-refractivity contribution is 5.78. The van der Waals surface area contributed by atoms with Crippen LogP contribution >= 0.6 is 0 Å². The number of fused-ring (bicyclic) bond motifs is 2. The molecular formula is C21H24F3N3O3. The topological polar surface area (TPSA) is 56.6 Å². The van der Waals surface area contributed by atoms with Gasteiger partial charge in [-0.25, -0.2) is 4.79 Å². The fourth-order valence-corrected chi connectivity index (χ4v) is 4.43. The summed E-state index contributed by atoms with van der Waals surface area (Å²) in [6, 6.07) is 6.92. The van der Waals surface area contributed by atoms with Crippen LogP contribution in [0.5, 0.6) is 5.75 Å². The van der Waals surface area contributed by atoms with Crippen LogP contribution in [0.2, 0.25) is 0 Å². The van der Waals surface area contributed by atoms with Gasteiger partial charge in [0.05, 0.1) is 18.8 Å². The minimum atomic E-state index is -5.03. The van der Waals surface area contributed by atoms with Crippen LogP contribution in [0.15, 0.2) is 36.7 Å². The number of hydrogen-bond donors (Lipinski definition) is 0. The van der Waals surface area contributed by atoms with E-state index >= 15 is 0 Å². The van der Waals surface area contributed by atoms with E-state index in [1.807, 2.05) is 23.0 Å². The molecule has 1 aromatic heterocycles. The molecular weight excluding hydrogens is 399 g/mol. The number of alkyl halides is 3. The molecule has 0 amide bonds. The number of rotatable bonds is 5. The minimum absolute atomic E-state index is 0.0342. The maximum absolute atomic E-state index is 12.7. The van der Waals surface area contributed by atoms with Gasteiger partial charge in [-0.15, -0.1) is 0 Å². The van der Waals surface area contributed by atoms with Gasteiger partial charge in [0.1, 0.15) is 5.75 Å². The molecule has 1 saturated heterocycles. The van der Waals surface area contributed by atoms with Gasteiger partial charge in [-0.05, 0) is 37.1 Å². The van der Waals surface area contributed by atoms with E-state index in [9.17, 15) is 18.0 Å². The first-order valence-corrected chi connectivity index (χ1v) is 10.1. The second-order valence-corrected chi connectivity index (χ2v) is 7.78. The van der Waals surface area contributed by atoms with Gasteiger partial charge in [0.2, 0.25) is 0 Å². The summed E-state index contributed by atoms with van der Waals surface area (Å²) in [5.41, 5.74) is 1.52. The maximum atomic E-state index is 12.7. The normalized spacial score (nSPS) is 24.2. The molecule has 0 radical (unpaired) electrons. The van der Waals surface area contributed by atoms with Crippen molar-refractivity contribution in [1.82, 2.24) is 14.7 Å². The Morgan fingerprint density at radius 2 is 2.13 bits per heavy atom. The molecule has 0 spiro atoms. The second kappa shape index (κ2) is 8.39. The molecule has 1 aliphatic carbocycles. The third kappa shape index (κ3) is 4.37. The molecule has 2 aliphatic rings. The van der Waals surface area contributed by atoms with E-state index in [-0.39, 0.29) is 24.0 Å². The summed E-state index contributed by atoms with van der Waals surface area (Å²) in [6.45, 7) is 4.41. The van der Waals surface area contributed by atoms with Crippen LogP contribution in [0.25, 0.3) is 0 Å². The van der Waals surface area contributed by atoms with Crippen molar-refractivity contribution in [3.8, 4) is 5.75 Å². The van der Waals surface area contributed by atoms with Crippen molar-refractivity contribution in [3.05, 3.63) is 47.8 Å². The summed E-state index contributed by atoms with van der Waals surface area (Å²) in [5.74, 6) is -2.24. The molecule has 0 N–H and O–H groups in total. The highest BCUT2D eigenvalue weighted by Gasteiger charge is 2.43. The summed E-state index contributed by atoms with van der Waals surface area (Å²) in [7, 11) is 0. The van der Waals surface area contributed by atoms with E-state index in [1.165, 1.54) is 6.07 Å². The van der Waals surface area contributed by atoms with Crippen molar-refractivity contribution in [1.29, 1.82) is 0 Å². The Morgan fingerprint density at radius 3 is 2.83 bits per heavy atom. The lowest BCUT2D eigenvalue weighted by Crippen LogP contribution is -2.58. The Labute approximate surface area is 172 Å². The number of halogens is 3. The molecule has 0 bridgehead atoms. The Bertz CT molecular complexity index is 885. The Kier molecular flexibility index (Phi) is 5.84. The number of nitrogens with zero attached hydrogens (tertiary/aromatic N) is 3. The molecule has 0 saturated carbocycles. The Morgan fingerprint density at radius 1 is 1.30 bits per heavy atom. The molecule has 1 fully saturated rings. The largest absolute Gasteiger partial charge is 0.491 e. The standard InChI is InChI=1S/C21H24F3N3O3/c1-2-8-26-12-15(13-27-9-4-7-25-27)29-19-11-16-14(10-17(19)26)5-3-6-18(16)30-20(28)21(22,23)24/h3-7,9,15,17,19H,2,8,10-13H2,1H3/t15-,17-,19-/m1/s1.